The molecule has 0 bridgehead atoms. The van der Waals surface area contributed by atoms with Crippen LogP contribution in [-0.2, 0) is 16.8 Å². The molecule has 0 fully saturated rings. The van der Waals surface area contributed by atoms with Gasteiger partial charge < -0.3 is 20.1 Å². The third-order valence-corrected chi connectivity index (χ3v) is 4.89. The standard InChI is InChI=1S/C23H29N3O3/c1-23(2,3)17-11-12-18-20(14-17)25-21(24-18)19(26-22(27)28)10-7-13-29-15-16-8-5-4-6-9-16/h4-6,8-9,11-12,14,19,26H,7,10,13,15H2,1-3H3,(H,24,25)(H,27,28)/t19-/m0/s1. The third-order valence-electron chi connectivity index (χ3n) is 4.89. The first kappa shape index (κ1) is 20.9. The Morgan fingerprint density at radius 1 is 1.21 bits per heavy atom. The van der Waals surface area contributed by atoms with Crippen LogP contribution in [-0.4, -0.2) is 27.8 Å². The lowest BCUT2D eigenvalue weighted by Gasteiger charge is -2.18. The van der Waals surface area contributed by atoms with Gasteiger partial charge in [0.05, 0.1) is 23.7 Å². The minimum Gasteiger partial charge on any atom is -0.465 e. The van der Waals surface area contributed by atoms with Crippen molar-refractivity contribution in [3.8, 4) is 0 Å². The Morgan fingerprint density at radius 3 is 2.66 bits per heavy atom. The van der Waals surface area contributed by atoms with Crippen molar-refractivity contribution >= 4 is 17.1 Å². The summed E-state index contributed by atoms with van der Waals surface area (Å²) in [4.78, 5) is 19.2. The summed E-state index contributed by atoms with van der Waals surface area (Å²) < 4.78 is 5.72. The molecular formula is C23H29N3O3. The smallest absolute Gasteiger partial charge is 0.405 e. The van der Waals surface area contributed by atoms with E-state index in [0.29, 0.717) is 25.5 Å². The number of ether oxygens (including phenoxy) is 1. The zero-order valence-electron chi connectivity index (χ0n) is 17.2. The van der Waals surface area contributed by atoms with Gasteiger partial charge in [0.2, 0.25) is 0 Å². The second kappa shape index (κ2) is 9.09. The summed E-state index contributed by atoms with van der Waals surface area (Å²) in [6.07, 6.45) is 0.269. The van der Waals surface area contributed by atoms with E-state index in [-0.39, 0.29) is 5.41 Å². The quantitative estimate of drug-likeness (QED) is 0.459. The summed E-state index contributed by atoms with van der Waals surface area (Å²) in [7, 11) is 0. The second-order valence-electron chi connectivity index (χ2n) is 8.29. The fraction of sp³-hybridized carbons (Fsp3) is 0.391. The molecule has 6 heteroatoms. The molecule has 1 amide bonds. The van der Waals surface area contributed by atoms with E-state index in [1.165, 1.54) is 5.56 Å². The van der Waals surface area contributed by atoms with Crippen molar-refractivity contribution in [3.05, 3.63) is 65.5 Å². The molecule has 1 aromatic heterocycles. The fourth-order valence-corrected chi connectivity index (χ4v) is 3.24. The number of aromatic nitrogens is 2. The first-order valence-corrected chi connectivity index (χ1v) is 9.94. The Kier molecular flexibility index (Phi) is 6.54. The second-order valence-corrected chi connectivity index (χ2v) is 8.29. The number of carbonyl (C=O) groups is 1. The molecule has 154 valence electrons. The maximum absolute atomic E-state index is 11.3. The number of aromatic amines is 1. The highest BCUT2D eigenvalue weighted by atomic mass is 16.5. The van der Waals surface area contributed by atoms with E-state index in [4.69, 9.17) is 4.74 Å². The Hall–Kier alpha value is -2.86. The highest BCUT2D eigenvalue weighted by Gasteiger charge is 2.19. The third kappa shape index (κ3) is 5.81. The van der Waals surface area contributed by atoms with Crippen LogP contribution in [0.25, 0.3) is 11.0 Å². The lowest BCUT2D eigenvalue weighted by Crippen LogP contribution is -2.27. The summed E-state index contributed by atoms with van der Waals surface area (Å²) >= 11 is 0. The number of amides is 1. The zero-order chi connectivity index (χ0) is 20.9. The molecule has 0 aliphatic rings. The number of fused-ring (bicyclic) bond motifs is 1. The van der Waals surface area contributed by atoms with E-state index in [1.54, 1.807) is 0 Å². The molecule has 0 radical (unpaired) electrons. The van der Waals surface area contributed by atoms with Gasteiger partial charge in [-0.15, -0.1) is 0 Å². The van der Waals surface area contributed by atoms with Crippen molar-refractivity contribution in [2.75, 3.05) is 6.61 Å². The molecule has 0 unspecified atom stereocenters. The van der Waals surface area contributed by atoms with Gasteiger partial charge in [0.15, 0.2) is 0 Å². The highest BCUT2D eigenvalue weighted by molar-refractivity contribution is 5.76. The van der Waals surface area contributed by atoms with Crippen molar-refractivity contribution in [3.63, 3.8) is 0 Å². The van der Waals surface area contributed by atoms with Gasteiger partial charge in [0.1, 0.15) is 5.82 Å². The lowest BCUT2D eigenvalue weighted by molar-refractivity contribution is 0.114. The summed E-state index contributed by atoms with van der Waals surface area (Å²) in [6, 6.07) is 15.7. The SMILES string of the molecule is CC(C)(C)c1ccc2nc([C@H](CCCOCc3ccccc3)NC(=O)O)[nH]c2c1. The van der Waals surface area contributed by atoms with Crippen LogP contribution in [0.1, 0.15) is 56.6 Å². The molecule has 3 rings (SSSR count). The van der Waals surface area contributed by atoms with Gasteiger partial charge in [-0.05, 0) is 41.5 Å². The maximum Gasteiger partial charge on any atom is 0.405 e. The molecule has 1 atom stereocenters. The van der Waals surface area contributed by atoms with E-state index >= 15 is 0 Å². The largest absolute Gasteiger partial charge is 0.465 e. The highest BCUT2D eigenvalue weighted by Crippen LogP contribution is 2.27. The Labute approximate surface area is 171 Å². The van der Waals surface area contributed by atoms with Crippen LogP contribution in [0.4, 0.5) is 4.79 Å². The number of nitrogens with one attached hydrogen (secondary N) is 2. The minimum absolute atomic E-state index is 0.0360. The topological polar surface area (TPSA) is 87.2 Å². The molecule has 0 aliphatic carbocycles. The molecule has 0 saturated carbocycles. The van der Waals surface area contributed by atoms with Gasteiger partial charge in [-0.3, -0.25) is 0 Å². The molecule has 2 aromatic carbocycles. The van der Waals surface area contributed by atoms with Crippen LogP contribution in [0.3, 0.4) is 0 Å². The molecule has 0 spiro atoms. The van der Waals surface area contributed by atoms with Crippen molar-refractivity contribution in [1.82, 2.24) is 15.3 Å². The minimum atomic E-state index is -1.06. The number of H-pyrrole nitrogens is 1. The first-order chi connectivity index (χ1) is 13.8. The molecule has 0 saturated heterocycles. The van der Waals surface area contributed by atoms with E-state index in [2.05, 4.69) is 48.2 Å². The lowest BCUT2D eigenvalue weighted by atomic mass is 9.87. The molecular weight excluding hydrogens is 366 g/mol. The molecule has 3 N–H and O–H groups in total. The van der Waals surface area contributed by atoms with Crippen LogP contribution in [0.2, 0.25) is 0 Å². The Morgan fingerprint density at radius 2 is 1.97 bits per heavy atom. The average Bonchev–Trinajstić information content (AvgIpc) is 3.10. The van der Waals surface area contributed by atoms with Crippen LogP contribution in [0, 0.1) is 0 Å². The van der Waals surface area contributed by atoms with Gasteiger partial charge in [-0.2, -0.15) is 0 Å². The summed E-state index contributed by atoms with van der Waals surface area (Å²) in [6.45, 7) is 7.60. The van der Waals surface area contributed by atoms with Gasteiger partial charge in [-0.25, -0.2) is 9.78 Å². The number of benzene rings is 2. The number of rotatable bonds is 8. The summed E-state index contributed by atoms with van der Waals surface area (Å²) in [5.41, 5.74) is 4.13. The zero-order valence-corrected chi connectivity index (χ0v) is 17.2. The molecule has 6 nitrogen and oxygen atoms in total. The van der Waals surface area contributed by atoms with Gasteiger partial charge in [0, 0.05) is 6.61 Å². The van der Waals surface area contributed by atoms with E-state index in [0.717, 1.165) is 23.0 Å². The Bertz CT molecular complexity index is 945. The van der Waals surface area contributed by atoms with Crippen molar-refractivity contribution < 1.29 is 14.6 Å². The predicted molar refractivity (Wildman–Crippen MR) is 114 cm³/mol. The first-order valence-electron chi connectivity index (χ1n) is 9.94. The normalized spacial score (nSPS) is 12.8. The number of carboxylic acid groups (broad SMARTS) is 1. The summed E-state index contributed by atoms with van der Waals surface area (Å²) in [5.74, 6) is 0.636. The molecule has 29 heavy (non-hydrogen) atoms. The fourth-order valence-electron chi connectivity index (χ4n) is 3.24. The van der Waals surface area contributed by atoms with Crippen LogP contribution >= 0.6 is 0 Å². The van der Waals surface area contributed by atoms with Crippen molar-refractivity contribution in [2.24, 2.45) is 0 Å². The maximum atomic E-state index is 11.3. The Balaban J connectivity index is 1.64. The molecule has 0 aliphatic heterocycles. The number of nitrogens with zero attached hydrogens (tertiary/aromatic N) is 1. The van der Waals surface area contributed by atoms with Crippen LogP contribution < -0.4 is 5.32 Å². The summed E-state index contributed by atoms with van der Waals surface area (Å²) in [5, 5.41) is 11.8. The van der Waals surface area contributed by atoms with E-state index in [1.807, 2.05) is 36.4 Å². The van der Waals surface area contributed by atoms with Crippen molar-refractivity contribution in [1.29, 1.82) is 0 Å². The van der Waals surface area contributed by atoms with Gasteiger partial charge >= 0.3 is 6.09 Å². The number of hydrogen-bond acceptors (Lipinski definition) is 3. The van der Waals surface area contributed by atoms with E-state index in [9.17, 15) is 9.90 Å². The predicted octanol–water partition coefficient (Wildman–Crippen LogP) is 5.17. The average molecular weight is 396 g/mol. The number of hydrogen-bond donors (Lipinski definition) is 3. The van der Waals surface area contributed by atoms with E-state index < -0.39 is 12.1 Å². The van der Waals surface area contributed by atoms with Crippen LogP contribution in [0.5, 0.6) is 0 Å². The van der Waals surface area contributed by atoms with Gasteiger partial charge in [-0.1, -0.05) is 57.2 Å². The molecule has 3 aromatic rings. The molecule has 1 heterocycles. The van der Waals surface area contributed by atoms with Crippen LogP contribution in [0.15, 0.2) is 48.5 Å². The number of imidazole rings is 1. The van der Waals surface area contributed by atoms with Gasteiger partial charge in [0.25, 0.3) is 0 Å². The monoisotopic (exact) mass is 395 g/mol. The van der Waals surface area contributed by atoms with Crippen molar-refractivity contribution in [2.45, 2.75) is 51.7 Å².